The molecule has 3 aromatic rings. The van der Waals surface area contributed by atoms with Crippen LogP contribution in [0.3, 0.4) is 0 Å². The zero-order valence-electron chi connectivity index (χ0n) is 15.1. The van der Waals surface area contributed by atoms with Gasteiger partial charge in [0.15, 0.2) is 4.96 Å². The third-order valence-electron chi connectivity index (χ3n) is 5.49. The van der Waals surface area contributed by atoms with Gasteiger partial charge in [0.05, 0.1) is 17.8 Å². The van der Waals surface area contributed by atoms with Crippen molar-refractivity contribution in [1.29, 1.82) is 0 Å². The predicted octanol–water partition coefficient (Wildman–Crippen LogP) is 4.04. The van der Waals surface area contributed by atoms with Crippen LogP contribution in [-0.2, 0) is 10.3 Å². The molecule has 5 rings (SSSR count). The summed E-state index contributed by atoms with van der Waals surface area (Å²) in [7, 11) is 0. The Hall–Kier alpha value is -1.83. The van der Waals surface area contributed by atoms with Gasteiger partial charge in [0, 0.05) is 35.4 Å². The van der Waals surface area contributed by atoms with Gasteiger partial charge >= 0.3 is 0 Å². The van der Waals surface area contributed by atoms with Crippen LogP contribution < -0.4 is 5.32 Å². The Kier molecular flexibility index (Phi) is 4.26. The van der Waals surface area contributed by atoms with Gasteiger partial charge in [-0.1, -0.05) is 12.1 Å². The highest BCUT2D eigenvalue weighted by Gasteiger charge is 2.41. The molecule has 0 bridgehead atoms. The lowest BCUT2D eigenvalue weighted by molar-refractivity contribution is 0.0868. The Balaban J connectivity index is 1.51. The summed E-state index contributed by atoms with van der Waals surface area (Å²) in [6, 6.07) is 8.44. The second-order valence-electron chi connectivity index (χ2n) is 7.24. The number of hydrogen-bond donors (Lipinski definition) is 1. The third kappa shape index (κ3) is 2.98. The number of aromatic nitrogens is 2. The van der Waals surface area contributed by atoms with E-state index in [2.05, 4.69) is 35.8 Å². The van der Waals surface area contributed by atoms with Crippen molar-refractivity contribution in [2.75, 3.05) is 19.5 Å². The summed E-state index contributed by atoms with van der Waals surface area (Å²) in [4.78, 5) is 20.2. The molecule has 0 spiro atoms. The van der Waals surface area contributed by atoms with Gasteiger partial charge in [-0.2, -0.15) is 0 Å². The molecule has 1 amide bonds. The van der Waals surface area contributed by atoms with Gasteiger partial charge in [0.2, 0.25) is 0 Å². The number of imidazole rings is 1. The minimum atomic E-state index is -0.477. The Labute approximate surface area is 166 Å². The van der Waals surface area contributed by atoms with E-state index < -0.39 is 5.54 Å². The first-order chi connectivity index (χ1) is 13.2. The molecule has 2 aliphatic rings. The molecule has 1 aromatic carbocycles. The molecule has 2 aromatic heterocycles. The Bertz CT molecular complexity index is 982. The number of carbonyl (C=O) groups is 1. The molecule has 5 nitrogen and oxygen atoms in total. The van der Waals surface area contributed by atoms with E-state index in [1.807, 2.05) is 16.0 Å². The standard InChI is InChI=1S/C20H21N3O2S2/c1-26-15-6-4-14(5-7-15)20(8-10-25-12-20)22-18(24)17-16(13-2-3-13)21-19-23(17)9-11-27-19/h4-7,9,11,13H,2-3,8,10,12H2,1H3,(H,22,24). The Morgan fingerprint density at radius 2 is 2.19 bits per heavy atom. The molecule has 0 radical (unpaired) electrons. The van der Waals surface area contributed by atoms with Gasteiger partial charge in [-0.05, 0) is 36.8 Å². The van der Waals surface area contributed by atoms with Crippen LogP contribution in [0.4, 0.5) is 0 Å². The molecule has 1 saturated heterocycles. The van der Waals surface area contributed by atoms with Crippen LogP contribution in [0.2, 0.25) is 0 Å². The molecule has 1 atom stereocenters. The van der Waals surface area contributed by atoms with E-state index in [-0.39, 0.29) is 5.91 Å². The van der Waals surface area contributed by atoms with Crippen molar-refractivity contribution < 1.29 is 9.53 Å². The summed E-state index contributed by atoms with van der Waals surface area (Å²) in [5.74, 6) is 0.372. The number of nitrogens with zero attached hydrogens (tertiary/aromatic N) is 2. The normalized spacial score (nSPS) is 22.4. The number of amides is 1. The summed E-state index contributed by atoms with van der Waals surface area (Å²) in [6.07, 6.45) is 7.03. The molecule has 1 aliphatic carbocycles. The van der Waals surface area contributed by atoms with Gasteiger partial charge in [0.1, 0.15) is 5.69 Å². The molecular formula is C20H21N3O2S2. The summed E-state index contributed by atoms with van der Waals surface area (Å²) in [5.41, 5.74) is 2.27. The van der Waals surface area contributed by atoms with E-state index in [1.165, 1.54) is 4.90 Å². The molecule has 27 heavy (non-hydrogen) atoms. The highest BCUT2D eigenvalue weighted by atomic mass is 32.2. The first-order valence-electron chi connectivity index (χ1n) is 9.20. The van der Waals surface area contributed by atoms with E-state index >= 15 is 0 Å². The van der Waals surface area contributed by atoms with E-state index in [1.54, 1.807) is 23.1 Å². The fraction of sp³-hybridized carbons (Fsp3) is 0.400. The summed E-state index contributed by atoms with van der Waals surface area (Å²) < 4.78 is 7.65. The van der Waals surface area contributed by atoms with Gasteiger partial charge in [-0.3, -0.25) is 9.20 Å². The Morgan fingerprint density at radius 3 is 2.85 bits per heavy atom. The number of hydrogen-bond acceptors (Lipinski definition) is 5. The quantitative estimate of drug-likeness (QED) is 0.658. The van der Waals surface area contributed by atoms with Crippen molar-refractivity contribution in [2.45, 2.75) is 35.6 Å². The van der Waals surface area contributed by atoms with Crippen LogP contribution in [0.5, 0.6) is 0 Å². The zero-order chi connectivity index (χ0) is 18.4. The van der Waals surface area contributed by atoms with Crippen LogP contribution in [0.15, 0.2) is 40.7 Å². The van der Waals surface area contributed by atoms with Crippen LogP contribution in [-0.4, -0.2) is 34.8 Å². The SMILES string of the molecule is CSc1ccc(C2(NC(=O)c3c(C4CC4)nc4sccn34)CCOC2)cc1. The van der Waals surface area contributed by atoms with Gasteiger partial charge < -0.3 is 10.1 Å². The van der Waals surface area contributed by atoms with Crippen LogP contribution in [0.1, 0.15) is 46.9 Å². The van der Waals surface area contributed by atoms with E-state index in [9.17, 15) is 4.79 Å². The lowest BCUT2D eigenvalue weighted by Gasteiger charge is -2.29. The van der Waals surface area contributed by atoms with Crippen LogP contribution in [0, 0.1) is 0 Å². The first kappa shape index (κ1) is 17.3. The summed E-state index contributed by atoms with van der Waals surface area (Å²) >= 11 is 3.29. The highest BCUT2D eigenvalue weighted by Crippen LogP contribution is 2.42. The van der Waals surface area contributed by atoms with Gasteiger partial charge in [-0.15, -0.1) is 23.1 Å². The van der Waals surface area contributed by atoms with Gasteiger partial charge in [0.25, 0.3) is 5.91 Å². The fourth-order valence-corrected chi connectivity index (χ4v) is 4.95. The molecule has 2 fully saturated rings. The number of rotatable bonds is 5. The van der Waals surface area contributed by atoms with Crippen molar-refractivity contribution in [2.24, 2.45) is 0 Å². The number of ether oxygens (including phenoxy) is 1. The van der Waals surface area contributed by atoms with Crippen molar-refractivity contribution in [3.05, 3.63) is 52.8 Å². The maximum atomic E-state index is 13.4. The number of thiazole rings is 1. The van der Waals surface area contributed by atoms with E-state index in [0.29, 0.717) is 24.8 Å². The molecule has 3 heterocycles. The van der Waals surface area contributed by atoms with Crippen LogP contribution in [0.25, 0.3) is 4.96 Å². The van der Waals surface area contributed by atoms with Crippen molar-refractivity contribution in [1.82, 2.24) is 14.7 Å². The lowest BCUT2D eigenvalue weighted by Crippen LogP contribution is -2.47. The Morgan fingerprint density at radius 1 is 1.37 bits per heavy atom. The van der Waals surface area contributed by atoms with Crippen molar-refractivity contribution in [3.8, 4) is 0 Å². The molecule has 1 N–H and O–H groups in total. The molecular weight excluding hydrogens is 378 g/mol. The smallest absolute Gasteiger partial charge is 0.271 e. The zero-order valence-corrected chi connectivity index (χ0v) is 16.7. The summed E-state index contributed by atoms with van der Waals surface area (Å²) in [5, 5.41) is 5.30. The predicted molar refractivity (Wildman–Crippen MR) is 108 cm³/mol. The lowest BCUT2D eigenvalue weighted by atomic mass is 9.89. The summed E-state index contributed by atoms with van der Waals surface area (Å²) in [6.45, 7) is 1.15. The average Bonchev–Trinajstić information content (AvgIpc) is 3.09. The average molecular weight is 400 g/mol. The monoisotopic (exact) mass is 399 g/mol. The maximum Gasteiger partial charge on any atom is 0.271 e. The van der Waals surface area contributed by atoms with Crippen molar-refractivity contribution >= 4 is 34.0 Å². The van der Waals surface area contributed by atoms with E-state index in [0.717, 1.165) is 35.5 Å². The second kappa shape index (κ2) is 6.65. The molecule has 1 saturated carbocycles. The molecule has 7 heteroatoms. The molecule has 1 aliphatic heterocycles. The number of fused-ring (bicyclic) bond motifs is 1. The largest absolute Gasteiger partial charge is 0.379 e. The highest BCUT2D eigenvalue weighted by molar-refractivity contribution is 7.98. The number of nitrogens with one attached hydrogen (secondary N) is 1. The molecule has 140 valence electrons. The third-order valence-corrected chi connectivity index (χ3v) is 6.99. The van der Waals surface area contributed by atoms with Crippen LogP contribution >= 0.6 is 23.1 Å². The first-order valence-corrected chi connectivity index (χ1v) is 11.3. The van der Waals surface area contributed by atoms with E-state index in [4.69, 9.17) is 9.72 Å². The molecule has 1 unspecified atom stereocenters. The minimum Gasteiger partial charge on any atom is -0.379 e. The topological polar surface area (TPSA) is 55.6 Å². The number of benzene rings is 1. The van der Waals surface area contributed by atoms with Gasteiger partial charge in [-0.25, -0.2) is 4.98 Å². The van der Waals surface area contributed by atoms with Crippen molar-refractivity contribution in [3.63, 3.8) is 0 Å². The number of thioether (sulfide) groups is 1. The maximum absolute atomic E-state index is 13.4. The minimum absolute atomic E-state index is 0.0535. The second-order valence-corrected chi connectivity index (χ2v) is 9.00. The fourth-order valence-electron chi connectivity index (χ4n) is 3.82. The number of carbonyl (C=O) groups excluding carboxylic acids is 1.